The second-order valence-electron chi connectivity index (χ2n) is 3.44. The van der Waals surface area contributed by atoms with Gasteiger partial charge < -0.3 is 10.1 Å². The molecule has 0 saturated carbocycles. The quantitative estimate of drug-likeness (QED) is 0.880. The molecule has 0 unspecified atom stereocenters. The van der Waals surface area contributed by atoms with Crippen molar-refractivity contribution in [2.45, 2.75) is 13.0 Å². The zero-order valence-corrected chi connectivity index (χ0v) is 9.79. The van der Waals surface area contributed by atoms with Crippen molar-refractivity contribution in [1.82, 2.24) is 4.98 Å². The van der Waals surface area contributed by atoms with Crippen LogP contribution in [0.1, 0.15) is 16.8 Å². The summed E-state index contributed by atoms with van der Waals surface area (Å²) in [6, 6.07) is 10.2. The fourth-order valence-corrected chi connectivity index (χ4v) is 1.84. The molecule has 2 nitrogen and oxygen atoms in total. The van der Waals surface area contributed by atoms with Crippen molar-refractivity contribution in [1.29, 1.82) is 0 Å². The maximum absolute atomic E-state index is 9.09. The van der Waals surface area contributed by atoms with E-state index in [9.17, 15) is 0 Å². The van der Waals surface area contributed by atoms with Crippen molar-refractivity contribution in [2.75, 3.05) is 0 Å². The molecule has 0 aliphatic carbocycles. The zero-order valence-electron chi connectivity index (χ0n) is 8.20. The highest BCUT2D eigenvalue weighted by molar-refractivity contribution is 9.10. The lowest BCUT2D eigenvalue weighted by Crippen LogP contribution is -1.92. The summed E-state index contributed by atoms with van der Waals surface area (Å²) in [6.45, 7) is 0.0683. The van der Waals surface area contributed by atoms with Crippen molar-refractivity contribution in [3.05, 3.63) is 57.8 Å². The Bertz CT molecular complexity index is 433. The first-order chi connectivity index (χ1) is 7.29. The van der Waals surface area contributed by atoms with Gasteiger partial charge in [-0.1, -0.05) is 28.1 Å². The lowest BCUT2D eigenvalue weighted by atomic mass is 10.1. The molecule has 3 heteroatoms. The Kier molecular flexibility index (Phi) is 3.23. The third-order valence-corrected chi connectivity index (χ3v) is 2.92. The normalized spacial score (nSPS) is 10.5. The molecule has 2 aromatic rings. The van der Waals surface area contributed by atoms with E-state index in [1.807, 2.05) is 24.4 Å². The molecule has 0 amide bonds. The number of rotatable bonds is 3. The summed E-state index contributed by atoms with van der Waals surface area (Å²) >= 11 is 3.41. The molecule has 1 aromatic carbocycles. The molecule has 0 fully saturated rings. The van der Waals surface area contributed by atoms with E-state index in [-0.39, 0.29) is 6.61 Å². The monoisotopic (exact) mass is 265 g/mol. The highest BCUT2D eigenvalue weighted by Gasteiger charge is 2.03. The van der Waals surface area contributed by atoms with E-state index in [2.05, 4.69) is 33.0 Å². The molecule has 0 saturated heterocycles. The van der Waals surface area contributed by atoms with E-state index < -0.39 is 0 Å². The average Bonchev–Trinajstić information content (AvgIpc) is 2.69. The summed E-state index contributed by atoms with van der Waals surface area (Å²) in [4.78, 5) is 3.03. The predicted molar refractivity (Wildman–Crippen MR) is 63.7 cm³/mol. The van der Waals surface area contributed by atoms with Gasteiger partial charge in [0.2, 0.25) is 0 Å². The van der Waals surface area contributed by atoms with Gasteiger partial charge in [-0.3, -0.25) is 0 Å². The fourth-order valence-electron chi connectivity index (χ4n) is 1.57. The minimum atomic E-state index is 0.0683. The number of halogens is 1. The number of aliphatic hydroxyl groups is 1. The fraction of sp³-hybridized carbons (Fsp3) is 0.167. The molecule has 1 heterocycles. The van der Waals surface area contributed by atoms with Gasteiger partial charge in [0.05, 0.1) is 6.61 Å². The molecular formula is C12H12BrNO. The minimum Gasteiger partial charge on any atom is -0.390 e. The first-order valence-corrected chi connectivity index (χ1v) is 5.59. The molecule has 15 heavy (non-hydrogen) atoms. The summed E-state index contributed by atoms with van der Waals surface area (Å²) in [6.07, 6.45) is 2.71. The number of aromatic amines is 1. The van der Waals surface area contributed by atoms with Crippen LogP contribution in [-0.2, 0) is 13.0 Å². The third kappa shape index (κ3) is 2.49. The molecule has 0 radical (unpaired) electrons. The standard InChI is InChI=1S/C12H12BrNO/c13-11-3-1-9(2-4-11)7-10-5-6-14-12(10)8-15/h1-6,14-15H,7-8H2. The van der Waals surface area contributed by atoms with Gasteiger partial charge in [0.25, 0.3) is 0 Å². The molecule has 0 aliphatic rings. The molecule has 2 N–H and O–H groups in total. The van der Waals surface area contributed by atoms with E-state index in [1.165, 1.54) is 5.56 Å². The van der Waals surface area contributed by atoms with Crippen LogP contribution < -0.4 is 0 Å². The van der Waals surface area contributed by atoms with Gasteiger partial charge >= 0.3 is 0 Å². The molecule has 1 aromatic heterocycles. The smallest absolute Gasteiger partial charge is 0.0833 e. The van der Waals surface area contributed by atoms with Gasteiger partial charge in [-0.05, 0) is 35.7 Å². The van der Waals surface area contributed by atoms with Gasteiger partial charge in [-0.25, -0.2) is 0 Å². The molecule has 0 bridgehead atoms. The molecular weight excluding hydrogens is 254 g/mol. The van der Waals surface area contributed by atoms with Crippen LogP contribution in [0.2, 0.25) is 0 Å². The molecule has 2 rings (SSSR count). The lowest BCUT2D eigenvalue weighted by molar-refractivity contribution is 0.276. The summed E-state index contributed by atoms with van der Waals surface area (Å²) in [5.41, 5.74) is 3.30. The first-order valence-electron chi connectivity index (χ1n) is 4.80. The van der Waals surface area contributed by atoms with E-state index in [0.717, 1.165) is 22.2 Å². The molecule has 0 atom stereocenters. The van der Waals surface area contributed by atoms with E-state index in [0.29, 0.717) is 0 Å². The zero-order chi connectivity index (χ0) is 10.7. The predicted octanol–water partition coefficient (Wildman–Crippen LogP) is 2.86. The number of H-pyrrole nitrogens is 1. The van der Waals surface area contributed by atoms with Gasteiger partial charge in [-0.15, -0.1) is 0 Å². The second-order valence-corrected chi connectivity index (χ2v) is 4.36. The van der Waals surface area contributed by atoms with Crippen LogP contribution in [0.5, 0.6) is 0 Å². The van der Waals surface area contributed by atoms with Crippen LogP contribution in [0.3, 0.4) is 0 Å². The maximum Gasteiger partial charge on any atom is 0.0833 e. The number of hydrogen-bond donors (Lipinski definition) is 2. The van der Waals surface area contributed by atoms with E-state index in [4.69, 9.17) is 5.11 Å². The summed E-state index contributed by atoms with van der Waals surface area (Å²) in [5, 5.41) is 9.09. The summed E-state index contributed by atoms with van der Waals surface area (Å²) in [5.74, 6) is 0. The Hall–Kier alpha value is -1.06. The Morgan fingerprint density at radius 3 is 2.53 bits per heavy atom. The highest BCUT2D eigenvalue weighted by Crippen LogP contribution is 2.16. The Labute approximate surface area is 97.1 Å². The van der Waals surface area contributed by atoms with Crippen molar-refractivity contribution in [3.63, 3.8) is 0 Å². The third-order valence-electron chi connectivity index (χ3n) is 2.40. The summed E-state index contributed by atoms with van der Waals surface area (Å²) in [7, 11) is 0. The number of nitrogens with one attached hydrogen (secondary N) is 1. The first kappa shape index (κ1) is 10.5. The highest BCUT2D eigenvalue weighted by atomic mass is 79.9. The van der Waals surface area contributed by atoms with Crippen molar-refractivity contribution >= 4 is 15.9 Å². The SMILES string of the molecule is OCc1[nH]ccc1Cc1ccc(Br)cc1. The van der Waals surface area contributed by atoms with Crippen LogP contribution in [0, 0.1) is 0 Å². The van der Waals surface area contributed by atoms with E-state index in [1.54, 1.807) is 0 Å². The van der Waals surface area contributed by atoms with Gasteiger partial charge in [-0.2, -0.15) is 0 Å². The Morgan fingerprint density at radius 2 is 1.87 bits per heavy atom. The molecule has 0 spiro atoms. The Morgan fingerprint density at radius 1 is 1.13 bits per heavy atom. The van der Waals surface area contributed by atoms with Crippen LogP contribution in [0.4, 0.5) is 0 Å². The topological polar surface area (TPSA) is 36.0 Å². The summed E-state index contributed by atoms with van der Waals surface area (Å²) < 4.78 is 1.09. The largest absolute Gasteiger partial charge is 0.390 e. The number of benzene rings is 1. The van der Waals surface area contributed by atoms with Gasteiger partial charge in [0, 0.05) is 16.4 Å². The molecule has 0 aliphatic heterocycles. The molecule has 78 valence electrons. The Balaban J connectivity index is 2.18. The second kappa shape index (κ2) is 4.64. The van der Waals surface area contributed by atoms with Gasteiger partial charge in [0.15, 0.2) is 0 Å². The average molecular weight is 266 g/mol. The van der Waals surface area contributed by atoms with Crippen LogP contribution in [0.15, 0.2) is 41.0 Å². The van der Waals surface area contributed by atoms with Crippen molar-refractivity contribution in [3.8, 4) is 0 Å². The van der Waals surface area contributed by atoms with Crippen LogP contribution >= 0.6 is 15.9 Å². The van der Waals surface area contributed by atoms with Crippen LogP contribution in [0.25, 0.3) is 0 Å². The number of hydrogen-bond acceptors (Lipinski definition) is 1. The van der Waals surface area contributed by atoms with E-state index >= 15 is 0 Å². The lowest BCUT2D eigenvalue weighted by Gasteiger charge is -2.02. The maximum atomic E-state index is 9.09. The van der Waals surface area contributed by atoms with Gasteiger partial charge in [0.1, 0.15) is 0 Å². The van der Waals surface area contributed by atoms with Crippen LogP contribution in [-0.4, -0.2) is 10.1 Å². The minimum absolute atomic E-state index is 0.0683. The number of aromatic nitrogens is 1. The van der Waals surface area contributed by atoms with Crippen molar-refractivity contribution < 1.29 is 5.11 Å². The number of aliphatic hydroxyl groups excluding tert-OH is 1. The van der Waals surface area contributed by atoms with Crippen molar-refractivity contribution in [2.24, 2.45) is 0 Å².